The average Bonchev–Trinajstić information content (AvgIpc) is 2.88. The molecule has 0 unspecified atom stereocenters. The number of benzene rings is 1. The van der Waals surface area contributed by atoms with Gasteiger partial charge < -0.3 is 5.73 Å². The maximum atomic E-state index is 13.9. The summed E-state index contributed by atoms with van der Waals surface area (Å²) in [4.78, 5) is 9.02. The summed E-state index contributed by atoms with van der Waals surface area (Å²) >= 11 is 0. The topological polar surface area (TPSA) is 115 Å². The second-order valence-electron chi connectivity index (χ2n) is 5.11. The van der Waals surface area contributed by atoms with E-state index < -0.39 is 37.0 Å². The molecule has 0 radical (unpaired) electrons. The zero-order valence-electron chi connectivity index (χ0n) is 11.2. The van der Waals surface area contributed by atoms with Crippen LogP contribution in [-0.2, 0) is 10.0 Å². The van der Waals surface area contributed by atoms with Crippen LogP contribution in [0.1, 0.15) is 25.7 Å². The minimum Gasteiger partial charge on any atom is -0.397 e. The number of nitrogen functional groups attached to an aromatic ring is 1. The lowest BCUT2D eigenvalue weighted by Crippen LogP contribution is -2.29. The number of rotatable bonds is 5. The molecule has 1 aromatic rings. The number of sulfonamides is 1. The normalized spacial score (nSPS) is 16.2. The van der Waals surface area contributed by atoms with Gasteiger partial charge in [0.25, 0.3) is 5.69 Å². The summed E-state index contributed by atoms with van der Waals surface area (Å²) in [7, 11) is -4.12. The predicted molar refractivity (Wildman–Crippen MR) is 74.6 cm³/mol. The fraction of sp³-hybridized carbons (Fsp3) is 0.500. The Morgan fingerprint density at radius 3 is 2.52 bits per heavy atom. The lowest BCUT2D eigenvalue weighted by Gasteiger charge is -2.13. The molecular weight excluding hydrogens is 301 g/mol. The van der Waals surface area contributed by atoms with E-state index in [2.05, 4.69) is 4.72 Å². The molecule has 21 heavy (non-hydrogen) atoms. The van der Waals surface area contributed by atoms with Gasteiger partial charge in [-0.15, -0.1) is 0 Å². The van der Waals surface area contributed by atoms with Crippen molar-refractivity contribution in [2.45, 2.75) is 30.6 Å². The Labute approximate surface area is 121 Å². The van der Waals surface area contributed by atoms with Crippen molar-refractivity contribution in [2.75, 3.05) is 12.3 Å². The molecular formula is C12H16FN3O4S. The van der Waals surface area contributed by atoms with Crippen molar-refractivity contribution < 1.29 is 17.7 Å². The summed E-state index contributed by atoms with van der Waals surface area (Å²) in [5.74, 6) is -0.984. The summed E-state index contributed by atoms with van der Waals surface area (Å²) in [6.45, 7) is 0.220. The van der Waals surface area contributed by atoms with Crippen molar-refractivity contribution in [2.24, 2.45) is 5.92 Å². The number of hydrogen-bond acceptors (Lipinski definition) is 5. The van der Waals surface area contributed by atoms with Gasteiger partial charge in [-0.1, -0.05) is 12.8 Å². The first-order chi connectivity index (χ1) is 9.81. The van der Waals surface area contributed by atoms with Crippen LogP contribution in [0.4, 0.5) is 15.8 Å². The zero-order valence-corrected chi connectivity index (χ0v) is 12.0. The Morgan fingerprint density at radius 1 is 1.38 bits per heavy atom. The van der Waals surface area contributed by atoms with Crippen LogP contribution < -0.4 is 10.5 Å². The molecule has 2 rings (SSSR count). The third-order valence-corrected chi connectivity index (χ3v) is 5.09. The monoisotopic (exact) mass is 317 g/mol. The standard InChI is InChI=1S/C12H16FN3O4S/c13-10-5-9(16(17)18)6-11(14)12(10)21(19,20)15-7-8-3-1-2-4-8/h5-6,8,15H,1-4,7,14H2. The number of nitro groups is 1. The van der Waals surface area contributed by atoms with Gasteiger partial charge in [0.05, 0.1) is 16.7 Å². The number of nitrogens with zero attached hydrogens (tertiary/aromatic N) is 1. The van der Waals surface area contributed by atoms with E-state index in [1.807, 2.05) is 0 Å². The second kappa shape index (κ2) is 5.94. The molecule has 1 aliphatic rings. The maximum absolute atomic E-state index is 13.9. The lowest BCUT2D eigenvalue weighted by molar-refractivity contribution is -0.385. The number of halogens is 1. The van der Waals surface area contributed by atoms with Gasteiger partial charge in [-0.05, 0) is 18.8 Å². The van der Waals surface area contributed by atoms with Crippen molar-refractivity contribution in [1.82, 2.24) is 4.72 Å². The fourth-order valence-corrected chi connectivity index (χ4v) is 3.79. The first-order valence-electron chi connectivity index (χ1n) is 6.54. The number of nitrogens with one attached hydrogen (secondary N) is 1. The molecule has 1 aliphatic carbocycles. The Bertz CT molecular complexity index is 633. The van der Waals surface area contributed by atoms with Gasteiger partial charge in [-0.2, -0.15) is 0 Å². The minimum absolute atomic E-state index is 0.220. The highest BCUT2D eigenvalue weighted by Crippen LogP contribution is 2.28. The molecule has 116 valence electrons. The molecule has 0 heterocycles. The summed E-state index contributed by atoms with van der Waals surface area (Å²) in [5.41, 5.74) is 4.41. The molecule has 0 bridgehead atoms. The minimum atomic E-state index is -4.12. The molecule has 3 N–H and O–H groups in total. The molecule has 0 atom stereocenters. The van der Waals surface area contributed by atoms with Gasteiger partial charge in [0.15, 0.2) is 5.82 Å². The van der Waals surface area contributed by atoms with Gasteiger partial charge >= 0.3 is 0 Å². The summed E-state index contributed by atoms with van der Waals surface area (Å²) in [5, 5.41) is 10.6. The van der Waals surface area contributed by atoms with Crippen LogP contribution in [0, 0.1) is 21.8 Å². The number of non-ortho nitro benzene ring substituents is 1. The molecule has 0 aromatic heterocycles. The van der Waals surface area contributed by atoms with E-state index >= 15 is 0 Å². The predicted octanol–water partition coefficient (Wildman–Crippen LogP) is 1.78. The van der Waals surface area contributed by atoms with E-state index in [-0.39, 0.29) is 12.5 Å². The smallest absolute Gasteiger partial charge is 0.274 e. The lowest BCUT2D eigenvalue weighted by atomic mass is 10.1. The number of hydrogen-bond donors (Lipinski definition) is 2. The van der Waals surface area contributed by atoms with Crippen LogP contribution in [0.25, 0.3) is 0 Å². The molecule has 0 amide bonds. The highest BCUT2D eigenvalue weighted by atomic mass is 32.2. The molecule has 1 fully saturated rings. The SMILES string of the molecule is Nc1cc([N+](=O)[O-])cc(F)c1S(=O)(=O)NCC1CCCC1. The van der Waals surface area contributed by atoms with E-state index in [9.17, 15) is 22.9 Å². The largest absolute Gasteiger partial charge is 0.397 e. The van der Waals surface area contributed by atoms with Crippen molar-refractivity contribution in [3.8, 4) is 0 Å². The molecule has 7 nitrogen and oxygen atoms in total. The molecule has 1 aromatic carbocycles. The Balaban J connectivity index is 2.24. The molecule has 0 saturated heterocycles. The Hall–Kier alpha value is -1.74. The highest BCUT2D eigenvalue weighted by molar-refractivity contribution is 7.89. The van der Waals surface area contributed by atoms with Crippen LogP contribution in [0.2, 0.25) is 0 Å². The summed E-state index contributed by atoms with van der Waals surface area (Å²) < 4.78 is 40.4. The van der Waals surface area contributed by atoms with Gasteiger partial charge in [0.2, 0.25) is 10.0 Å². The summed E-state index contributed by atoms with van der Waals surface area (Å²) in [6.07, 6.45) is 3.97. The van der Waals surface area contributed by atoms with Gasteiger partial charge in [-0.25, -0.2) is 17.5 Å². The first-order valence-corrected chi connectivity index (χ1v) is 8.02. The van der Waals surface area contributed by atoms with Crippen LogP contribution in [-0.4, -0.2) is 19.9 Å². The third-order valence-electron chi connectivity index (χ3n) is 3.57. The number of anilines is 1. The van der Waals surface area contributed by atoms with Crippen molar-refractivity contribution in [3.05, 3.63) is 28.1 Å². The number of nitrogens with two attached hydrogens (primary N) is 1. The number of nitro benzene ring substituents is 1. The fourth-order valence-electron chi connectivity index (χ4n) is 2.50. The Kier molecular flexibility index (Phi) is 4.43. The van der Waals surface area contributed by atoms with Crippen molar-refractivity contribution >= 4 is 21.4 Å². The van der Waals surface area contributed by atoms with E-state index in [0.717, 1.165) is 31.7 Å². The zero-order chi connectivity index (χ0) is 15.6. The molecule has 1 saturated carbocycles. The molecule has 0 spiro atoms. The Morgan fingerprint density at radius 2 is 2.00 bits per heavy atom. The van der Waals surface area contributed by atoms with E-state index in [4.69, 9.17) is 5.73 Å². The van der Waals surface area contributed by atoms with Crippen molar-refractivity contribution in [3.63, 3.8) is 0 Å². The van der Waals surface area contributed by atoms with Gasteiger partial charge in [-0.3, -0.25) is 10.1 Å². The van der Waals surface area contributed by atoms with E-state index in [1.54, 1.807) is 0 Å². The maximum Gasteiger partial charge on any atom is 0.274 e. The highest BCUT2D eigenvalue weighted by Gasteiger charge is 2.27. The molecule has 9 heteroatoms. The van der Waals surface area contributed by atoms with Crippen LogP contribution >= 0.6 is 0 Å². The van der Waals surface area contributed by atoms with E-state index in [1.165, 1.54) is 0 Å². The van der Waals surface area contributed by atoms with Crippen LogP contribution in [0.5, 0.6) is 0 Å². The average molecular weight is 317 g/mol. The van der Waals surface area contributed by atoms with Crippen molar-refractivity contribution in [1.29, 1.82) is 0 Å². The summed E-state index contributed by atoms with van der Waals surface area (Å²) in [6, 6.07) is 1.40. The first kappa shape index (κ1) is 15.6. The second-order valence-corrected chi connectivity index (χ2v) is 6.81. The quantitative estimate of drug-likeness (QED) is 0.488. The van der Waals surface area contributed by atoms with Crippen LogP contribution in [0.3, 0.4) is 0 Å². The van der Waals surface area contributed by atoms with E-state index in [0.29, 0.717) is 6.07 Å². The van der Waals surface area contributed by atoms with Gasteiger partial charge in [0, 0.05) is 12.6 Å². The van der Waals surface area contributed by atoms with Gasteiger partial charge in [0.1, 0.15) is 4.90 Å². The van der Waals surface area contributed by atoms with Crippen LogP contribution in [0.15, 0.2) is 17.0 Å². The third kappa shape index (κ3) is 3.48. The molecule has 0 aliphatic heterocycles.